The van der Waals surface area contributed by atoms with Crippen molar-refractivity contribution in [3.8, 4) is 0 Å². The zero-order chi connectivity index (χ0) is 29.4. The number of carbonyl (C=O) groups excluding carboxylic acids is 2. The van der Waals surface area contributed by atoms with E-state index < -0.39 is 29.8 Å². The Morgan fingerprint density at radius 3 is 2.44 bits per heavy atom. The van der Waals surface area contributed by atoms with E-state index in [0.717, 1.165) is 17.7 Å². The van der Waals surface area contributed by atoms with Gasteiger partial charge in [0.05, 0.1) is 30.9 Å². The van der Waals surface area contributed by atoms with Crippen LogP contribution in [0.5, 0.6) is 0 Å². The smallest absolute Gasteiger partial charge is 0.390 e. The van der Waals surface area contributed by atoms with Gasteiger partial charge in [0.2, 0.25) is 0 Å². The lowest BCUT2D eigenvalue weighted by Gasteiger charge is -2.26. The highest BCUT2D eigenvalue weighted by atomic mass is 19.4. The summed E-state index contributed by atoms with van der Waals surface area (Å²) in [4.78, 5) is 28.0. The summed E-state index contributed by atoms with van der Waals surface area (Å²) in [5, 5.41) is 21.2. The highest BCUT2D eigenvalue weighted by Gasteiger charge is 2.30. The van der Waals surface area contributed by atoms with Gasteiger partial charge in [0, 0.05) is 38.8 Å². The van der Waals surface area contributed by atoms with Crippen molar-refractivity contribution in [2.75, 3.05) is 32.8 Å². The molecule has 1 aromatic heterocycles. The molecule has 0 bridgehead atoms. The molecule has 0 unspecified atom stereocenters. The van der Waals surface area contributed by atoms with Crippen molar-refractivity contribution in [1.82, 2.24) is 25.3 Å². The molecule has 41 heavy (non-hydrogen) atoms. The summed E-state index contributed by atoms with van der Waals surface area (Å²) in [5.74, 6) is -0.785. The molecule has 1 aliphatic rings. The average Bonchev–Trinajstić information content (AvgIpc) is 3.42. The van der Waals surface area contributed by atoms with Gasteiger partial charge in [0.25, 0.3) is 11.8 Å². The van der Waals surface area contributed by atoms with Gasteiger partial charge >= 0.3 is 6.18 Å². The summed E-state index contributed by atoms with van der Waals surface area (Å²) in [5.41, 5.74) is 0.882. The number of ether oxygens (including phenoxy) is 1. The van der Waals surface area contributed by atoms with Crippen LogP contribution in [0.3, 0.4) is 0 Å². The second kappa shape index (κ2) is 13.7. The van der Waals surface area contributed by atoms with Crippen molar-refractivity contribution in [3.63, 3.8) is 0 Å². The third-order valence-electron chi connectivity index (χ3n) is 6.85. The largest absolute Gasteiger partial charge is 0.416 e. The SMILES string of the molecule is CCn1nc(C(=O)N[C@@H](Cc2ccccc2)[C@@H](O)CNCc2cccc(C(F)(F)F)c2)cc1C(=O)N1CCOCC1. The predicted octanol–water partition coefficient (Wildman–Crippen LogP) is 2.89. The van der Waals surface area contributed by atoms with Gasteiger partial charge in [0.1, 0.15) is 5.69 Å². The van der Waals surface area contributed by atoms with Gasteiger partial charge < -0.3 is 25.4 Å². The first-order valence-corrected chi connectivity index (χ1v) is 13.5. The first-order chi connectivity index (χ1) is 19.7. The molecule has 1 aliphatic heterocycles. The number of hydrogen-bond donors (Lipinski definition) is 3. The lowest BCUT2D eigenvalue weighted by atomic mass is 10.0. The zero-order valence-corrected chi connectivity index (χ0v) is 22.7. The van der Waals surface area contributed by atoms with Gasteiger partial charge in [-0.05, 0) is 30.5 Å². The van der Waals surface area contributed by atoms with E-state index >= 15 is 0 Å². The number of hydrogen-bond acceptors (Lipinski definition) is 6. The number of morpholine rings is 1. The molecule has 220 valence electrons. The van der Waals surface area contributed by atoms with Crippen LogP contribution in [-0.4, -0.2) is 76.6 Å². The minimum absolute atomic E-state index is 0.0121. The third kappa shape index (κ3) is 8.15. The first-order valence-electron chi connectivity index (χ1n) is 13.5. The highest BCUT2D eigenvalue weighted by Crippen LogP contribution is 2.29. The number of nitrogens with one attached hydrogen (secondary N) is 2. The molecule has 2 heterocycles. The van der Waals surface area contributed by atoms with Crippen LogP contribution in [0.4, 0.5) is 13.2 Å². The van der Waals surface area contributed by atoms with E-state index in [0.29, 0.717) is 50.5 Å². The van der Waals surface area contributed by atoms with Gasteiger partial charge in [-0.2, -0.15) is 18.3 Å². The van der Waals surface area contributed by atoms with E-state index in [9.17, 15) is 27.9 Å². The maximum absolute atomic E-state index is 13.3. The number of aliphatic hydroxyl groups is 1. The fourth-order valence-electron chi connectivity index (χ4n) is 4.63. The summed E-state index contributed by atoms with van der Waals surface area (Å²) < 4.78 is 45.9. The van der Waals surface area contributed by atoms with Gasteiger partial charge in [-0.1, -0.05) is 48.5 Å². The molecule has 3 aromatic rings. The van der Waals surface area contributed by atoms with Crippen LogP contribution in [0.15, 0.2) is 60.7 Å². The normalized spacial score (nSPS) is 15.4. The number of aryl methyl sites for hydroxylation is 1. The van der Waals surface area contributed by atoms with Crippen molar-refractivity contribution >= 4 is 11.8 Å². The van der Waals surface area contributed by atoms with Crippen molar-refractivity contribution in [2.45, 2.75) is 44.8 Å². The van der Waals surface area contributed by atoms with Crippen LogP contribution in [0.25, 0.3) is 0 Å². The van der Waals surface area contributed by atoms with Crippen molar-refractivity contribution in [3.05, 3.63) is 88.7 Å². The van der Waals surface area contributed by atoms with Crippen molar-refractivity contribution in [2.24, 2.45) is 0 Å². The average molecular weight is 574 g/mol. The maximum Gasteiger partial charge on any atom is 0.416 e. The van der Waals surface area contributed by atoms with Crippen LogP contribution >= 0.6 is 0 Å². The Bertz CT molecular complexity index is 1310. The molecular weight excluding hydrogens is 539 g/mol. The molecular formula is C29H34F3N5O4. The van der Waals surface area contributed by atoms with E-state index in [1.54, 1.807) is 11.0 Å². The second-order valence-corrected chi connectivity index (χ2v) is 9.80. The number of rotatable bonds is 11. The number of aliphatic hydroxyl groups excluding tert-OH is 1. The standard InChI is InChI=1S/C29H34F3N5O4/c1-2-37-25(28(40)36-11-13-41-14-12-36)17-24(35-37)27(39)34-23(16-20-7-4-3-5-8-20)26(38)19-33-18-21-9-6-10-22(15-21)29(30,31)32/h3-10,15,17,23,26,33,38H,2,11-14,16,18-19H2,1H3,(H,34,39)/t23-,26-/m0/s1. The van der Waals surface area contributed by atoms with E-state index in [4.69, 9.17) is 4.74 Å². The minimum atomic E-state index is -4.45. The summed E-state index contributed by atoms with van der Waals surface area (Å²) in [6.45, 7) is 4.11. The van der Waals surface area contributed by atoms with E-state index in [-0.39, 0.29) is 24.7 Å². The van der Waals surface area contributed by atoms with Crippen LogP contribution < -0.4 is 10.6 Å². The Hall–Kier alpha value is -3.74. The number of nitrogens with zero attached hydrogens (tertiary/aromatic N) is 3. The lowest BCUT2D eigenvalue weighted by molar-refractivity contribution is -0.137. The Morgan fingerprint density at radius 2 is 1.76 bits per heavy atom. The fraction of sp³-hybridized carbons (Fsp3) is 0.414. The monoisotopic (exact) mass is 573 g/mol. The van der Waals surface area contributed by atoms with Gasteiger partial charge in [-0.15, -0.1) is 0 Å². The Labute approximate surface area is 236 Å². The zero-order valence-electron chi connectivity index (χ0n) is 22.7. The molecule has 9 nitrogen and oxygen atoms in total. The quantitative estimate of drug-likeness (QED) is 0.326. The Morgan fingerprint density at radius 1 is 1.05 bits per heavy atom. The number of benzene rings is 2. The van der Waals surface area contributed by atoms with E-state index in [1.807, 2.05) is 37.3 Å². The van der Waals surface area contributed by atoms with Crippen LogP contribution in [-0.2, 0) is 30.4 Å². The molecule has 4 rings (SSSR count). The Kier molecular flexibility index (Phi) is 10.1. The molecule has 2 amide bonds. The van der Waals surface area contributed by atoms with Crippen LogP contribution in [0, 0.1) is 0 Å². The highest BCUT2D eigenvalue weighted by molar-refractivity contribution is 5.98. The summed E-state index contributed by atoms with van der Waals surface area (Å²) in [6, 6.07) is 15.0. The topological polar surface area (TPSA) is 109 Å². The summed E-state index contributed by atoms with van der Waals surface area (Å²) in [6.07, 6.45) is -5.22. The predicted molar refractivity (Wildman–Crippen MR) is 145 cm³/mol. The van der Waals surface area contributed by atoms with Crippen molar-refractivity contribution in [1.29, 1.82) is 0 Å². The molecule has 1 fully saturated rings. The Balaban J connectivity index is 1.45. The molecule has 0 aliphatic carbocycles. The van der Waals surface area contributed by atoms with Crippen LogP contribution in [0.2, 0.25) is 0 Å². The first kappa shape index (κ1) is 30.2. The molecule has 2 aromatic carbocycles. The van der Waals surface area contributed by atoms with Crippen LogP contribution in [0.1, 0.15) is 44.6 Å². The number of carbonyl (C=O) groups is 2. The number of aromatic nitrogens is 2. The summed E-state index contributed by atoms with van der Waals surface area (Å²) >= 11 is 0. The molecule has 0 spiro atoms. The third-order valence-corrected chi connectivity index (χ3v) is 6.85. The molecule has 12 heteroatoms. The number of alkyl halides is 3. The van der Waals surface area contributed by atoms with E-state index in [1.165, 1.54) is 16.8 Å². The van der Waals surface area contributed by atoms with Gasteiger partial charge in [-0.3, -0.25) is 14.3 Å². The number of halogens is 3. The maximum atomic E-state index is 13.3. The molecule has 3 N–H and O–H groups in total. The fourth-order valence-corrected chi connectivity index (χ4v) is 4.63. The van der Waals surface area contributed by atoms with Gasteiger partial charge in [-0.25, -0.2) is 0 Å². The molecule has 1 saturated heterocycles. The number of amides is 2. The molecule has 0 saturated carbocycles. The second-order valence-electron chi connectivity index (χ2n) is 9.80. The summed E-state index contributed by atoms with van der Waals surface area (Å²) in [7, 11) is 0. The van der Waals surface area contributed by atoms with Gasteiger partial charge in [0.15, 0.2) is 5.69 Å². The molecule has 2 atom stereocenters. The molecule has 0 radical (unpaired) electrons. The van der Waals surface area contributed by atoms with E-state index in [2.05, 4.69) is 15.7 Å². The minimum Gasteiger partial charge on any atom is -0.390 e. The lowest BCUT2D eigenvalue weighted by Crippen LogP contribution is -2.48. The van der Waals surface area contributed by atoms with Crippen molar-refractivity contribution < 1.29 is 32.6 Å².